The number of H-pyrrole nitrogens is 1. The Balaban J connectivity index is 2.11. The van der Waals surface area contributed by atoms with Gasteiger partial charge in [0, 0.05) is 47.6 Å². The number of nitrogens with zero attached hydrogens (tertiary/aromatic N) is 13. The summed E-state index contributed by atoms with van der Waals surface area (Å²) >= 11 is 0. The summed E-state index contributed by atoms with van der Waals surface area (Å²) in [4.78, 5) is 132. The van der Waals surface area contributed by atoms with Gasteiger partial charge in [0.15, 0.2) is 35.7 Å². The number of aliphatic carboxylic acids is 4. The van der Waals surface area contributed by atoms with Crippen molar-refractivity contribution >= 4 is 135 Å². The number of carbonyl (C=O) groups is 6. The summed E-state index contributed by atoms with van der Waals surface area (Å²) in [6, 6.07) is -10.1. The number of rotatable bonds is 35. The Morgan fingerprint density at radius 1 is 0.574 bits per heavy atom. The van der Waals surface area contributed by atoms with Crippen molar-refractivity contribution in [1.29, 1.82) is 5.41 Å². The number of anilines is 1. The Hall–Kier alpha value is -12.7. The molecular weight excluding hydrogens is 1520 g/mol. The van der Waals surface area contributed by atoms with E-state index in [1.165, 1.54) is 24.3 Å². The summed E-state index contributed by atoms with van der Waals surface area (Å²) in [7, 11) is 0. The summed E-state index contributed by atoms with van der Waals surface area (Å²) in [5.41, 5.74) is 12.7. The zero-order valence-corrected chi connectivity index (χ0v) is 63.4. The number of carbonyl (C=O) groups excluding carboxylic acids is 2. The number of Topliss-reactive ketones (excluding diaryl/α,β-unsaturated/α-hetero) is 1. The number of cyclic esters (lactones) is 1. The zero-order valence-electron chi connectivity index (χ0n) is 63.4. The molecule has 1 aliphatic heterocycles. The van der Waals surface area contributed by atoms with E-state index in [-0.39, 0.29) is 43.5 Å². The first kappa shape index (κ1) is 94.7. The molecule has 43 heteroatoms. The molecule has 2 heterocycles. The molecule has 0 saturated heterocycles. The number of benzene rings is 2. The predicted octanol–water partition coefficient (Wildman–Crippen LogP) is 6.35. The van der Waals surface area contributed by atoms with Crippen molar-refractivity contribution in [1.82, 2.24) is 4.98 Å². The number of carboxylic acids is 4. The van der Waals surface area contributed by atoms with Crippen LogP contribution in [0.15, 0.2) is 120 Å². The van der Waals surface area contributed by atoms with Crippen LogP contribution in [0.1, 0.15) is 146 Å². The highest BCUT2D eigenvalue weighted by atomic mass is 16.5. The van der Waals surface area contributed by atoms with E-state index >= 15 is 0 Å². The maximum atomic E-state index is 14.9. The van der Waals surface area contributed by atoms with Crippen LogP contribution in [-0.2, 0) is 35.1 Å². The minimum absolute atomic E-state index is 0.0508. The summed E-state index contributed by atoms with van der Waals surface area (Å²) in [6.07, 6.45) is -1.59. The first-order chi connectivity index (χ1) is 54.4. The molecular formula is C72H101N17O26. The second kappa shape index (κ2) is 47.6. The number of para-hydroxylation sites is 2. The van der Waals surface area contributed by atoms with Gasteiger partial charge in [-0.15, -0.1) is 0 Å². The molecule has 1 aromatic heterocycles. The van der Waals surface area contributed by atoms with Crippen molar-refractivity contribution in [3.8, 4) is 0 Å². The van der Waals surface area contributed by atoms with Crippen LogP contribution in [0.5, 0.6) is 0 Å². The van der Waals surface area contributed by atoms with E-state index in [9.17, 15) is 126 Å². The summed E-state index contributed by atoms with van der Waals surface area (Å²) < 4.78 is 5.72. The molecule has 115 heavy (non-hydrogen) atoms. The van der Waals surface area contributed by atoms with E-state index in [1.54, 1.807) is 30.5 Å². The molecule has 0 fully saturated rings. The summed E-state index contributed by atoms with van der Waals surface area (Å²) in [6.45, 7) is 1.39. The summed E-state index contributed by atoms with van der Waals surface area (Å²) in [5.74, 6) is -27.5. The van der Waals surface area contributed by atoms with E-state index < -0.39 is 255 Å². The maximum absolute atomic E-state index is 14.9. The number of aliphatic hydroxyl groups is 15. The second-order valence-electron chi connectivity index (χ2n) is 26.5. The highest BCUT2D eigenvalue weighted by Gasteiger charge is 2.37. The third-order valence-electron chi connectivity index (χ3n) is 17.1. The lowest BCUT2D eigenvalue weighted by Gasteiger charge is -2.24. The van der Waals surface area contributed by atoms with Gasteiger partial charge in [0.25, 0.3) is 0 Å². The van der Waals surface area contributed by atoms with Gasteiger partial charge in [-0.25, -0.2) is 69.7 Å². The van der Waals surface area contributed by atoms with Gasteiger partial charge in [-0.3, -0.25) is 29.4 Å². The number of ketones is 1. The third kappa shape index (κ3) is 32.5. The lowest BCUT2D eigenvalue weighted by molar-refractivity contribution is -0.150. The molecule has 13 unspecified atom stereocenters. The van der Waals surface area contributed by atoms with Gasteiger partial charge in [0.2, 0.25) is 70.8 Å². The van der Waals surface area contributed by atoms with Crippen LogP contribution in [0, 0.1) is 11.3 Å². The monoisotopic (exact) mass is 1620 g/mol. The van der Waals surface area contributed by atoms with Crippen molar-refractivity contribution in [2.45, 2.75) is 209 Å². The average molecular weight is 1620 g/mol. The van der Waals surface area contributed by atoms with Crippen molar-refractivity contribution in [3.05, 3.63) is 65.9 Å². The Kier molecular flexibility index (Phi) is 39.2. The maximum Gasteiger partial charge on any atom is 0.331 e. The lowest BCUT2D eigenvalue weighted by Crippen LogP contribution is -2.40. The number of nitrogen functional groups attached to an aromatic ring is 1. The van der Waals surface area contributed by atoms with Gasteiger partial charge in [0.1, 0.15) is 67.5 Å². The zero-order chi connectivity index (χ0) is 85.8. The minimum Gasteiger partial charge on any atom is -0.497 e. The van der Waals surface area contributed by atoms with Gasteiger partial charge < -0.3 is 118 Å². The molecule has 13 atom stereocenters. The van der Waals surface area contributed by atoms with Crippen LogP contribution in [-0.4, -0.2) is 319 Å². The van der Waals surface area contributed by atoms with E-state index in [4.69, 9.17) is 21.6 Å². The largest absolute Gasteiger partial charge is 0.497 e. The third-order valence-corrected chi connectivity index (χ3v) is 17.1. The van der Waals surface area contributed by atoms with Gasteiger partial charge in [-0.2, -0.15) is 0 Å². The van der Waals surface area contributed by atoms with Crippen LogP contribution in [0.4, 0.5) is 5.69 Å². The quantitative estimate of drug-likeness (QED) is 0.00761. The number of nitrogens with one attached hydrogen (secondary N) is 2. The fourth-order valence-electron chi connectivity index (χ4n) is 11.1. The van der Waals surface area contributed by atoms with E-state index in [1.807, 2.05) is 0 Å². The van der Waals surface area contributed by atoms with E-state index in [2.05, 4.69) is 76.8 Å². The molecule has 0 amide bonds. The van der Waals surface area contributed by atoms with Crippen LogP contribution < -0.4 is 11.5 Å². The van der Waals surface area contributed by atoms with Crippen molar-refractivity contribution in [2.75, 3.05) is 32.0 Å². The number of hydrogen-bond acceptors (Lipinski definition) is 24. The molecule has 0 spiro atoms. The Labute approximate surface area is 657 Å². The number of carboxylic acid groups (broad SMARTS) is 4. The average Bonchev–Trinajstić information content (AvgIpc) is 1.72. The van der Waals surface area contributed by atoms with Crippen molar-refractivity contribution in [3.63, 3.8) is 0 Å². The van der Waals surface area contributed by atoms with E-state index in [0.29, 0.717) is 22.9 Å². The Morgan fingerprint density at radius 2 is 1.11 bits per heavy atom. The number of unbranched alkanes of at least 4 members (excludes halogenated alkanes) is 6. The fourth-order valence-corrected chi connectivity index (χ4v) is 11.1. The minimum atomic E-state index is -2.42. The van der Waals surface area contributed by atoms with Gasteiger partial charge in [0.05, 0.1) is 38.7 Å². The number of aliphatic imine (C=N–C) groups is 13. The Morgan fingerprint density at radius 3 is 1.71 bits per heavy atom. The SMILES string of the molecule is CCCCCCCCCC(O)=NC(Cc1c[nH]c2ccccc12)C(O)=NC(CC(=N)O)C(O)=NC(CC(=O)O)C(O)=NC1C(O)=NCC(O)=NC(CCCN)C(O)=NC(CC(=O)O)C(O)=NC(C)C(O)=NC(CC(=O)O)C(O)=NCC(O)=NC(CO)C(O)=NC(C(C)CC(=O)O)C(O)=NC(CC(=O)c2ccccc2N)C(=O)OC1C. The number of fused-ring (bicyclic) bond motifs is 1. The van der Waals surface area contributed by atoms with Crippen molar-refractivity contribution in [2.24, 2.45) is 76.6 Å². The number of esters is 1. The second-order valence-corrected chi connectivity index (χ2v) is 26.5. The smallest absolute Gasteiger partial charge is 0.331 e. The standard InChI is InChI=1S/C72H101N17O26/c1-5-6-7-8-9-10-11-22-53(93)81-44(25-38-31-76-42-20-15-13-17-39(38)42)66(108)84-45(27-52(75)92)67(109)86-48(30-59(102)103)68(110)89-61-37(4)115-72(114)49(26-51(91)40-18-12-14-19-41(40)74)87-71(113)60(35(2)24-56(96)97)88-69(111)50(34-90)82-55(95)32-77-63(105)46(28-57(98)99)83-62(104)36(3)79-65(107)47(29-58(100)101)85-64(106)43(21-16-23-73)80-54(94)33-78-70(61)112/h12-15,17-20,31,35-37,43-50,60-61,76,90H,5-11,16,21-30,32-34,73-74H2,1-4H3,(H2,75,92)(H,77,105)(H,78,112)(H,79,107)(H,80,94)(H,81,93)(H,82,95)(H,83,104)(H,84,108)(H,85,106)(H,86,109)(H,87,113)(H,88,111)(H,89,110)(H,96,97)(H,98,99)(H,100,101)(H,102,103). The Bertz CT molecular complexity index is 4260. The lowest BCUT2D eigenvalue weighted by atomic mass is 9.97. The molecule has 0 radical (unpaired) electrons. The van der Waals surface area contributed by atoms with Crippen LogP contribution in [0.2, 0.25) is 0 Å². The fraction of sp³-hybridized carbons (Fsp3) is 0.528. The predicted molar refractivity (Wildman–Crippen MR) is 426 cm³/mol. The molecule has 2 aromatic carbocycles. The number of aromatic amines is 1. The molecule has 43 nitrogen and oxygen atoms in total. The van der Waals surface area contributed by atoms with Crippen molar-refractivity contribution < 1.29 is 131 Å². The number of aliphatic hydroxyl groups excluding tert-OH is 15. The molecule has 630 valence electrons. The van der Waals surface area contributed by atoms with Gasteiger partial charge in [-0.05, 0) is 69.3 Å². The van der Waals surface area contributed by atoms with Crippen LogP contribution >= 0.6 is 0 Å². The number of ether oxygens (including phenoxy) is 1. The molecule has 25 N–H and O–H groups in total. The molecule has 4 rings (SSSR count). The topological polar surface area (TPSA) is 748 Å². The highest BCUT2D eigenvalue weighted by Crippen LogP contribution is 2.25. The van der Waals surface area contributed by atoms with Gasteiger partial charge >= 0.3 is 29.8 Å². The molecule has 3 aromatic rings. The number of aromatic nitrogens is 1. The number of hydrogen-bond donors (Lipinski definition) is 23. The molecule has 1 aliphatic rings. The van der Waals surface area contributed by atoms with E-state index in [0.717, 1.165) is 59.3 Å². The normalized spacial score (nSPS) is 22.1. The molecule has 0 aliphatic carbocycles. The van der Waals surface area contributed by atoms with Gasteiger partial charge in [-0.1, -0.05) is 82.7 Å². The highest BCUT2D eigenvalue weighted by molar-refractivity contribution is 6.04. The van der Waals surface area contributed by atoms with Crippen LogP contribution in [0.25, 0.3) is 10.9 Å². The molecule has 0 bridgehead atoms. The first-order valence-electron chi connectivity index (χ1n) is 36.3. The first-order valence-corrected chi connectivity index (χ1v) is 36.3. The molecule has 0 saturated carbocycles. The van der Waals surface area contributed by atoms with Crippen LogP contribution in [0.3, 0.4) is 0 Å². The number of nitrogens with two attached hydrogens (primary N) is 2. The summed E-state index contributed by atoms with van der Waals surface area (Å²) in [5, 5.41) is 218.